The molecule has 0 saturated carbocycles. The lowest BCUT2D eigenvalue weighted by atomic mass is 10.1. The number of aryl methyl sites for hydroxylation is 1. The van der Waals surface area contributed by atoms with E-state index in [1.54, 1.807) is 12.4 Å². The number of hydrogen-bond acceptors (Lipinski definition) is 3. The van der Waals surface area contributed by atoms with Gasteiger partial charge < -0.3 is 15.4 Å². The number of halogens is 1. The summed E-state index contributed by atoms with van der Waals surface area (Å²) >= 11 is 0. The first-order valence-electron chi connectivity index (χ1n) is 5.87. The van der Waals surface area contributed by atoms with Gasteiger partial charge in [0.25, 0.3) is 0 Å². The minimum atomic E-state index is -1.01. The standard InChI is InChI=1S/C13H16FN3O/c1-2-6-17-7-5-16-13(17)12(18)10-8-9(14)3-4-11(10)15/h3-5,7-8,12,18H,2,6,15H2,1H3. The van der Waals surface area contributed by atoms with Crippen LogP contribution in [-0.4, -0.2) is 14.7 Å². The van der Waals surface area contributed by atoms with Gasteiger partial charge in [0.15, 0.2) is 0 Å². The average molecular weight is 249 g/mol. The lowest BCUT2D eigenvalue weighted by molar-refractivity contribution is 0.204. The molecule has 1 aromatic heterocycles. The summed E-state index contributed by atoms with van der Waals surface area (Å²) in [5, 5.41) is 10.3. The van der Waals surface area contributed by atoms with Crippen LogP contribution in [0.2, 0.25) is 0 Å². The van der Waals surface area contributed by atoms with E-state index >= 15 is 0 Å². The summed E-state index contributed by atoms with van der Waals surface area (Å²) in [5.41, 5.74) is 6.46. The van der Waals surface area contributed by atoms with Crippen LogP contribution >= 0.6 is 0 Å². The van der Waals surface area contributed by atoms with Crippen LogP contribution in [0.4, 0.5) is 10.1 Å². The summed E-state index contributed by atoms with van der Waals surface area (Å²) in [4.78, 5) is 4.12. The van der Waals surface area contributed by atoms with Gasteiger partial charge >= 0.3 is 0 Å². The Morgan fingerprint density at radius 3 is 3.00 bits per heavy atom. The Bertz CT molecular complexity index is 539. The Hall–Kier alpha value is -1.88. The van der Waals surface area contributed by atoms with E-state index in [-0.39, 0.29) is 0 Å². The average Bonchev–Trinajstić information content (AvgIpc) is 2.80. The number of nitrogens with zero attached hydrogens (tertiary/aromatic N) is 2. The van der Waals surface area contributed by atoms with Gasteiger partial charge in [-0.05, 0) is 24.6 Å². The van der Waals surface area contributed by atoms with E-state index in [0.29, 0.717) is 17.1 Å². The number of aliphatic hydroxyl groups excluding tert-OH is 1. The quantitative estimate of drug-likeness (QED) is 0.815. The molecule has 2 rings (SSSR count). The van der Waals surface area contributed by atoms with Crippen molar-refractivity contribution in [3.05, 3.63) is 47.8 Å². The largest absolute Gasteiger partial charge is 0.398 e. The number of imidazole rings is 1. The highest BCUT2D eigenvalue weighted by Crippen LogP contribution is 2.26. The number of aromatic nitrogens is 2. The molecule has 0 saturated heterocycles. The summed E-state index contributed by atoms with van der Waals surface area (Å²) in [6.07, 6.45) is 3.32. The molecule has 18 heavy (non-hydrogen) atoms. The van der Waals surface area contributed by atoms with Crippen molar-refractivity contribution in [2.24, 2.45) is 0 Å². The molecule has 0 aliphatic rings. The van der Waals surface area contributed by atoms with Crippen LogP contribution in [0.5, 0.6) is 0 Å². The van der Waals surface area contributed by atoms with Gasteiger partial charge in [-0.25, -0.2) is 9.37 Å². The maximum Gasteiger partial charge on any atom is 0.142 e. The molecule has 1 heterocycles. The SMILES string of the molecule is CCCn1ccnc1C(O)c1cc(F)ccc1N. The first-order chi connectivity index (χ1) is 8.63. The maximum atomic E-state index is 13.2. The fourth-order valence-electron chi connectivity index (χ4n) is 1.92. The number of hydrogen-bond donors (Lipinski definition) is 2. The third-order valence-electron chi connectivity index (χ3n) is 2.80. The summed E-state index contributed by atoms with van der Waals surface area (Å²) in [5.74, 6) is 0.0565. The van der Waals surface area contributed by atoms with Crippen molar-refractivity contribution in [1.82, 2.24) is 9.55 Å². The second-order valence-electron chi connectivity index (χ2n) is 4.15. The van der Waals surface area contributed by atoms with Crippen LogP contribution < -0.4 is 5.73 Å². The normalized spacial score (nSPS) is 12.6. The van der Waals surface area contributed by atoms with Crippen molar-refractivity contribution in [2.75, 3.05) is 5.73 Å². The molecule has 96 valence electrons. The Balaban J connectivity index is 2.38. The highest BCUT2D eigenvalue weighted by Gasteiger charge is 2.18. The van der Waals surface area contributed by atoms with Crippen molar-refractivity contribution in [3.63, 3.8) is 0 Å². The van der Waals surface area contributed by atoms with Gasteiger partial charge in [-0.15, -0.1) is 0 Å². The van der Waals surface area contributed by atoms with Gasteiger partial charge in [0.2, 0.25) is 0 Å². The number of nitrogens with two attached hydrogens (primary N) is 1. The molecule has 4 nitrogen and oxygen atoms in total. The topological polar surface area (TPSA) is 64.1 Å². The Labute approximate surface area is 105 Å². The lowest BCUT2D eigenvalue weighted by Gasteiger charge is -2.15. The molecule has 1 unspecified atom stereocenters. The third kappa shape index (κ3) is 2.36. The maximum absolute atomic E-state index is 13.2. The number of aliphatic hydroxyl groups is 1. The van der Waals surface area contributed by atoms with Crippen LogP contribution in [0.25, 0.3) is 0 Å². The summed E-state index contributed by atoms with van der Waals surface area (Å²) in [6.45, 7) is 2.79. The fourth-order valence-corrected chi connectivity index (χ4v) is 1.92. The first-order valence-corrected chi connectivity index (χ1v) is 5.87. The zero-order chi connectivity index (χ0) is 13.1. The predicted octanol–water partition coefficient (Wildman–Crippen LogP) is 2.10. The molecular formula is C13H16FN3O. The van der Waals surface area contributed by atoms with E-state index < -0.39 is 11.9 Å². The fraction of sp³-hybridized carbons (Fsp3) is 0.308. The molecule has 0 amide bonds. The van der Waals surface area contributed by atoms with Gasteiger partial charge in [0.1, 0.15) is 17.7 Å². The van der Waals surface area contributed by atoms with E-state index in [9.17, 15) is 9.50 Å². The van der Waals surface area contributed by atoms with Crippen molar-refractivity contribution in [3.8, 4) is 0 Å². The van der Waals surface area contributed by atoms with Crippen LogP contribution in [0.15, 0.2) is 30.6 Å². The van der Waals surface area contributed by atoms with E-state index in [1.165, 1.54) is 18.2 Å². The summed E-state index contributed by atoms with van der Waals surface area (Å²) < 4.78 is 15.0. The molecule has 1 aromatic carbocycles. The molecular weight excluding hydrogens is 233 g/mol. The minimum Gasteiger partial charge on any atom is -0.398 e. The van der Waals surface area contributed by atoms with Crippen LogP contribution in [0, 0.1) is 5.82 Å². The predicted molar refractivity (Wildman–Crippen MR) is 67.4 cm³/mol. The van der Waals surface area contributed by atoms with Crippen molar-refractivity contribution >= 4 is 5.69 Å². The third-order valence-corrected chi connectivity index (χ3v) is 2.80. The molecule has 3 N–H and O–H groups in total. The molecule has 2 aromatic rings. The number of benzene rings is 1. The Kier molecular flexibility index (Phi) is 3.62. The smallest absolute Gasteiger partial charge is 0.142 e. The highest BCUT2D eigenvalue weighted by atomic mass is 19.1. The minimum absolute atomic E-state index is 0.346. The molecule has 0 bridgehead atoms. The van der Waals surface area contributed by atoms with E-state index in [0.717, 1.165) is 13.0 Å². The number of rotatable bonds is 4. The first kappa shape index (κ1) is 12.6. The zero-order valence-electron chi connectivity index (χ0n) is 10.2. The van der Waals surface area contributed by atoms with Gasteiger partial charge in [-0.2, -0.15) is 0 Å². The molecule has 0 spiro atoms. The molecule has 5 heteroatoms. The Morgan fingerprint density at radius 2 is 2.28 bits per heavy atom. The van der Waals surface area contributed by atoms with Crippen molar-refractivity contribution in [1.29, 1.82) is 0 Å². The number of anilines is 1. The molecule has 0 fully saturated rings. The second-order valence-corrected chi connectivity index (χ2v) is 4.15. The van der Waals surface area contributed by atoms with Crippen LogP contribution in [0.1, 0.15) is 30.8 Å². The van der Waals surface area contributed by atoms with Gasteiger partial charge in [-0.3, -0.25) is 0 Å². The van der Waals surface area contributed by atoms with Gasteiger partial charge in [0.05, 0.1) is 0 Å². The molecule has 0 aliphatic carbocycles. The van der Waals surface area contributed by atoms with Gasteiger partial charge in [-0.1, -0.05) is 6.92 Å². The molecule has 0 radical (unpaired) electrons. The summed E-state index contributed by atoms with van der Waals surface area (Å²) in [6, 6.07) is 3.95. The monoisotopic (exact) mass is 249 g/mol. The highest BCUT2D eigenvalue weighted by molar-refractivity contribution is 5.49. The van der Waals surface area contributed by atoms with Crippen LogP contribution in [-0.2, 0) is 6.54 Å². The van der Waals surface area contributed by atoms with Crippen molar-refractivity contribution in [2.45, 2.75) is 26.0 Å². The van der Waals surface area contributed by atoms with Crippen molar-refractivity contribution < 1.29 is 9.50 Å². The summed E-state index contributed by atoms with van der Waals surface area (Å²) in [7, 11) is 0. The second kappa shape index (κ2) is 5.18. The van der Waals surface area contributed by atoms with E-state index in [1.807, 2.05) is 11.5 Å². The molecule has 1 atom stereocenters. The Morgan fingerprint density at radius 1 is 1.50 bits per heavy atom. The molecule has 0 aliphatic heterocycles. The van der Waals surface area contributed by atoms with E-state index in [2.05, 4.69) is 4.98 Å². The zero-order valence-corrected chi connectivity index (χ0v) is 10.2. The van der Waals surface area contributed by atoms with Crippen LogP contribution in [0.3, 0.4) is 0 Å². The number of nitrogen functional groups attached to an aromatic ring is 1. The lowest BCUT2D eigenvalue weighted by Crippen LogP contribution is -2.11. The van der Waals surface area contributed by atoms with Gasteiger partial charge in [0, 0.05) is 30.2 Å². The van der Waals surface area contributed by atoms with E-state index in [4.69, 9.17) is 5.73 Å².